The van der Waals surface area contributed by atoms with Crippen molar-refractivity contribution in [2.45, 2.75) is 17.7 Å². The number of hydrogen-bond donors (Lipinski definition) is 0. The van der Waals surface area contributed by atoms with Crippen molar-refractivity contribution in [2.75, 3.05) is 37.9 Å². The first kappa shape index (κ1) is 11.8. The Morgan fingerprint density at radius 1 is 1.06 bits per heavy atom. The Morgan fingerprint density at radius 2 is 1.75 bits per heavy atom. The van der Waals surface area contributed by atoms with Crippen molar-refractivity contribution in [3.8, 4) is 5.75 Å². The Balaban J connectivity index is 2.54. The monoisotopic (exact) mass is 240 g/mol. The molecule has 1 aromatic rings. The minimum Gasteiger partial charge on any atom is -0.493 e. The van der Waals surface area contributed by atoms with Gasteiger partial charge in [-0.2, -0.15) is 0 Å². The van der Waals surface area contributed by atoms with Gasteiger partial charge in [-0.1, -0.05) is 12.1 Å². The summed E-state index contributed by atoms with van der Waals surface area (Å²) in [4.78, 5) is 1.45. The molecule has 0 unspecified atom stereocenters. The van der Waals surface area contributed by atoms with Crippen LogP contribution in [0.5, 0.6) is 5.75 Å². The second kappa shape index (κ2) is 2.79. The van der Waals surface area contributed by atoms with Crippen LogP contribution in [0.3, 0.4) is 0 Å². The van der Waals surface area contributed by atoms with Crippen LogP contribution in [0.4, 0.5) is 0 Å². The molecule has 0 atom stereocenters. The maximum atomic E-state index is 5.77. The van der Waals surface area contributed by atoms with E-state index in [4.69, 9.17) is 4.74 Å². The smallest absolute Gasteiger partial charge is 0.123 e. The summed E-state index contributed by atoms with van der Waals surface area (Å²) in [7, 11) is -2.08. The maximum Gasteiger partial charge on any atom is 0.123 e. The molecule has 1 aliphatic rings. The van der Waals surface area contributed by atoms with E-state index in [1.807, 2.05) is 0 Å². The van der Waals surface area contributed by atoms with Crippen LogP contribution >= 0.6 is 8.29 Å². The fourth-order valence-electron chi connectivity index (χ4n) is 1.96. The molecule has 0 aromatic heterocycles. The van der Waals surface area contributed by atoms with Gasteiger partial charge in [-0.3, -0.25) is 8.29 Å². The highest BCUT2D eigenvalue weighted by molar-refractivity contribution is 8.62. The second-order valence-electron chi connectivity index (χ2n) is 7.82. The van der Waals surface area contributed by atoms with Gasteiger partial charge < -0.3 is 4.74 Å². The SMILES string of the molecule is CS(C)(C)(C)(C)c1ccc2c(c1)OCCC2. The Labute approximate surface area is 98.5 Å². The maximum absolute atomic E-state index is 5.77. The summed E-state index contributed by atoms with van der Waals surface area (Å²) in [5.41, 5.74) is 1.37. The fraction of sp³-hybridized carbons (Fsp3) is 0.571. The van der Waals surface area contributed by atoms with Gasteiger partial charge in [0.15, 0.2) is 0 Å². The molecule has 0 radical (unpaired) electrons. The Hall–Kier alpha value is -0.630. The van der Waals surface area contributed by atoms with Crippen LogP contribution in [-0.2, 0) is 6.42 Å². The zero-order valence-electron chi connectivity index (χ0n) is 11.2. The molecular formula is C14H24OS. The van der Waals surface area contributed by atoms with E-state index >= 15 is 0 Å². The van der Waals surface area contributed by atoms with Crippen LogP contribution in [0, 0.1) is 0 Å². The highest BCUT2D eigenvalue weighted by Gasteiger charge is 2.39. The van der Waals surface area contributed by atoms with E-state index in [1.54, 1.807) is 0 Å². The minimum absolute atomic E-state index is 0.873. The predicted octanol–water partition coefficient (Wildman–Crippen LogP) is 3.40. The number of rotatable bonds is 1. The molecule has 92 valence electrons. The van der Waals surface area contributed by atoms with E-state index in [9.17, 15) is 0 Å². The number of hydrogen-bond acceptors (Lipinski definition) is 1. The Morgan fingerprint density at radius 3 is 2.38 bits per heavy atom. The quantitative estimate of drug-likeness (QED) is 0.731. The van der Waals surface area contributed by atoms with Crippen molar-refractivity contribution < 1.29 is 4.74 Å². The second-order valence-corrected chi connectivity index (χ2v) is 18.5. The lowest BCUT2D eigenvalue weighted by Gasteiger charge is -2.66. The van der Waals surface area contributed by atoms with Crippen LogP contribution in [-0.4, -0.2) is 37.9 Å². The summed E-state index contributed by atoms with van der Waals surface area (Å²) >= 11 is 0. The largest absolute Gasteiger partial charge is 0.493 e. The van der Waals surface area contributed by atoms with Gasteiger partial charge >= 0.3 is 0 Å². The topological polar surface area (TPSA) is 9.23 Å². The van der Waals surface area contributed by atoms with Crippen LogP contribution < -0.4 is 4.74 Å². The molecule has 1 nitrogen and oxygen atoms in total. The number of ether oxygens (including phenoxy) is 1. The van der Waals surface area contributed by atoms with E-state index in [1.165, 1.54) is 10.5 Å². The molecule has 1 aliphatic heterocycles. The van der Waals surface area contributed by atoms with Gasteiger partial charge in [-0.05, 0) is 60.6 Å². The average molecular weight is 240 g/mol. The van der Waals surface area contributed by atoms with Gasteiger partial charge in [0.2, 0.25) is 0 Å². The summed E-state index contributed by atoms with van der Waals surface area (Å²) in [6.45, 7) is 0.873. The van der Waals surface area contributed by atoms with Gasteiger partial charge in [-0.25, -0.2) is 0 Å². The van der Waals surface area contributed by atoms with Crippen molar-refractivity contribution in [1.82, 2.24) is 0 Å². The first-order chi connectivity index (χ1) is 7.06. The molecule has 0 amide bonds. The molecule has 0 saturated carbocycles. The summed E-state index contributed by atoms with van der Waals surface area (Å²) in [6, 6.07) is 6.83. The van der Waals surface area contributed by atoms with Gasteiger partial charge in [0.1, 0.15) is 5.75 Å². The van der Waals surface area contributed by atoms with Crippen LogP contribution in [0.25, 0.3) is 0 Å². The van der Waals surface area contributed by atoms with Crippen LogP contribution in [0.1, 0.15) is 12.0 Å². The first-order valence-corrected chi connectivity index (χ1v) is 10.3. The van der Waals surface area contributed by atoms with Crippen LogP contribution in [0.2, 0.25) is 0 Å². The summed E-state index contributed by atoms with van der Waals surface area (Å²) in [5, 5.41) is 0. The minimum atomic E-state index is -2.08. The molecule has 1 aromatic carbocycles. The highest BCUT2D eigenvalue weighted by Crippen LogP contribution is 2.81. The normalized spacial score (nSPS) is 20.3. The predicted molar refractivity (Wildman–Crippen MR) is 75.7 cm³/mol. The van der Waals surface area contributed by atoms with E-state index in [2.05, 4.69) is 49.5 Å². The highest BCUT2D eigenvalue weighted by atomic mass is 32.4. The van der Waals surface area contributed by atoms with Crippen molar-refractivity contribution in [2.24, 2.45) is 0 Å². The third kappa shape index (κ3) is 2.37. The summed E-state index contributed by atoms with van der Waals surface area (Å²) in [6.07, 6.45) is 14.3. The molecular weight excluding hydrogens is 216 g/mol. The molecule has 2 rings (SSSR count). The standard InChI is InChI=1S/C14H24OS/c1-16(2,3,4,5)13-9-8-12-7-6-10-15-14(12)11-13/h8-9,11H,6-7,10H2,1-5H3. The van der Waals surface area contributed by atoms with E-state index in [-0.39, 0.29) is 0 Å². The van der Waals surface area contributed by atoms with Crippen molar-refractivity contribution >= 4 is 8.29 Å². The molecule has 0 saturated heterocycles. The van der Waals surface area contributed by atoms with E-state index in [0.29, 0.717) is 0 Å². The molecule has 0 N–H and O–H groups in total. The van der Waals surface area contributed by atoms with Gasteiger partial charge in [-0.15, -0.1) is 0 Å². The molecule has 0 bridgehead atoms. The summed E-state index contributed by atoms with van der Waals surface area (Å²) in [5.74, 6) is 1.11. The lowest BCUT2D eigenvalue weighted by Crippen LogP contribution is -2.29. The molecule has 0 fully saturated rings. The Bertz CT molecular complexity index is 425. The summed E-state index contributed by atoms with van der Waals surface area (Å²) < 4.78 is 5.77. The van der Waals surface area contributed by atoms with Crippen molar-refractivity contribution in [3.05, 3.63) is 23.8 Å². The van der Waals surface area contributed by atoms with E-state index < -0.39 is 8.29 Å². The van der Waals surface area contributed by atoms with Gasteiger partial charge in [0, 0.05) is 0 Å². The van der Waals surface area contributed by atoms with Crippen LogP contribution in [0.15, 0.2) is 23.1 Å². The average Bonchev–Trinajstić information content (AvgIpc) is 2.13. The van der Waals surface area contributed by atoms with Crippen molar-refractivity contribution in [3.63, 3.8) is 0 Å². The zero-order chi connectivity index (χ0) is 12.1. The van der Waals surface area contributed by atoms with Gasteiger partial charge in [0.25, 0.3) is 0 Å². The fourth-order valence-corrected chi connectivity index (χ4v) is 3.40. The Kier molecular flexibility index (Phi) is 2.06. The number of benzene rings is 1. The lowest BCUT2D eigenvalue weighted by molar-refractivity contribution is 0.287. The molecule has 0 aliphatic carbocycles. The molecule has 0 spiro atoms. The van der Waals surface area contributed by atoms with Crippen molar-refractivity contribution in [1.29, 1.82) is 0 Å². The lowest BCUT2D eigenvalue weighted by atomic mass is 10.1. The molecule has 16 heavy (non-hydrogen) atoms. The number of aryl methyl sites for hydroxylation is 1. The zero-order valence-corrected chi connectivity index (χ0v) is 12.0. The third-order valence-electron chi connectivity index (χ3n) is 3.07. The number of fused-ring (bicyclic) bond motifs is 1. The van der Waals surface area contributed by atoms with Gasteiger partial charge in [0.05, 0.1) is 6.61 Å². The third-order valence-corrected chi connectivity index (χ3v) is 5.68. The molecule has 1 heterocycles. The first-order valence-electron chi connectivity index (χ1n) is 5.83. The van der Waals surface area contributed by atoms with E-state index in [0.717, 1.165) is 25.2 Å². The molecule has 2 heteroatoms.